The molecule has 0 aliphatic heterocycles. The van der Waals surface area contributed by atoms with Crippen molar-refractivity contribution in [2.24, 2.45) is 0 Å². The van der Waals surface area contributed by atoms with Crippen molar-refractivity contribution in [1.82, 2.24) is 14.5 Å². The van der Waals surface area contributed by atoms with Gasteiger partial charge < -0.3 is 15.0 Å². The van der Waals surface area contributed by atoms with E-state index in [1.165, 1.54) is 18.0 Å². The van der Waals surface area contributed by atoms with E-state index in [1.807, 2.05) is 37.3 Å². The van der Waals surface area contributed by atoms with Gasteiger partial charge in [0.05, 0.1) is 18.6 Å². The van der Waals surface area contributed by atoms with Gasteiger partial charge in [0.15, 0.2) is 0 Å². The number of ether oxygens (including phenoxy) is 1. The van der Waals surface area contributed by atoms with Crippen molar-refractivity contribution in [3.05, 3.63) is 72.3 Å². The van der Waals surface area contributed by atoms with Crippen LogP contribution in [0.1, 0.15) is 25.8 Å². The zero-order chi connectivity index (χ0) is 26.3. The van der Waals surface area contributed by atoms with Gasteiger partial charge >= 0.3 is 0 Å². The van der Waals surface area contributed by atoms with Crippen LogP contribution in [0.25, 0.3) is 10.8 Å². The average molecular weight is 512 g/mol. The molecular weight excluding hydrogens is 478 g/mol. The molecule has 3 aromatic rings. The van der Waals surface area contributed by atoms with E-state index in [4.69, 9.17) is 4.74 Å². The lowest BCUT2D eigenvalue weighted by Crippen LogP contribution is -2.50. The van der Waals surface area contributed by atoms with Crippen LogP contribution in [0.15, 0.2) is 71.6 Å². The van der Waals surface area contributed by atoms with E-state index in [0.717, 1.165) is 27.1 Å². The Hall–Kier alpha value is -3.43. The van der Waals surface area contributed by atoms with Gasteiger partial charge in [0.1, 0.15) is 11.8 Å². The molecule has 0 spiro atoms. The summed E-state index contributed by atoms with van der Waals surface area (Å²) < 4.78 is 32.9. The van der Waals surface area contributed by atoms with Crippen LogP contribution in [0.2, 0.25) is 0 Å². The Kier molecular flexibility index (Phi) is 9.06. The maximum absolute atomic E-state index is 13.4. The minimum Gasteiger partial charge on any atom is -0.497 e. The van der Waals surface area contributed by atoms with Crippen molar-refractivity contribution in [1.29, 1.82) is 0 Å². The summed E-state index contributed by atoms with van der Waals surface area (Å²) in [7, 11) is -1.02. The predicted octanol–water partition coefficient (Wildman–Crippen LogP) is 3.41. The lowest BCUT2D eigenvalue weighted by Gasteiger charge is -2.30. The van der Waals surface area contributed by atoms with Gasteiger partial charge in [0, 0.05) is 20.1 Å². The molecule has 0 aliphatic rings. The molecule has 0 aromatic heterocycles. The predicted molar refractivity (Wildman–Crippen MR) is 140 cm³/mol. The van der Waals surface area contributed by atoms with E-state index >= 15 is 0 Å². The summed E-state index contributed by atoms with van der Waals surface area (Å²) >= 11 is 0. The largest absolute Gasteiger partial charge is 0.497 e. The number of nitrogens with one attached hydrogen (secondary N) is 1. The minimum absolute atomic E-state index is 0.101. The summed E-state index contributed by atoms with van der Waals surface area (Å²) in [6, 6.07) is 18.7. The van der Waals surface area contributed by atoms with Gasteiger partial charge in [-0.05, 0) is 53.9 Å². The molecule has 1 N–H and O–H groups in total. The number of amides is 2. The van der Waals surface area contributed by atoms with E-state index < -0.39 is 28.5 Å². The normalized spacial score (nSPS) is 12.4. The zero-order valence-corrected chi connectivity index (χ0v) is 21.9. The van der Waals surface area contributed by atoms with E-state index in [9.17, 15) is 18.0 Å². The lowest BCUT2D eigenvalue weighted by molar-refractivity contribution is -0.140. The summed E-state index contributed by atoms with van der Waals surface area (Å²) in [5.74, 6) is -0.157. The highest BCUT2D eigenvalue weighted by Gasteiger charge is 2.30. The van der Waals surface area contributed by atoms with Crippen molar-refractivity contribution < 1.29 is 22.7 Å². The van der Waals surface area contributed by atoms with Crippen molar-refractivity contribution in [2.45, 2.75) is 37.8 Å². The SMILES string of the molecule is CCCNC(=O)C(C)N(Cc1cccc(OC)c1)C(=O)CN(C)S(=O)(=O)c1ccc2ccccc2c1. The molecule has 192 valence electrons. The maximum Gasteiger partial charge on any atom is 0.243 e. The Labute approximate surface area is 212 Å². The first-order valence-corrected chi connectivity index (χ1v) is 13.3. The van der Waals surface area contributed by atoms with Crippen LogP contribution in [0.4, 0.5) is 0 Å². The first-order valence-electron chi connectivity index (χ1n) is 11.8. The number of hydrogen-bond donors (Lipinski definition) is 1. The van der Waals surface area contributed by atoms with E-state index in [-0.39, 0.29) is 17.3 Å². The smallest absolute Gasteiger partial charge is 0.243 e. The third kappa shape index (κ3) is 6.41. The van der Waals surface area contributed by atoms with Crippen LogP contribution in [-0.4, -0.2) is 62.7 Å². The highest BCUT2D eigenvalue weighted by atomic mass is 32.2. The van der Waals surface area contributed by atoms with E-state index in [2.05, 4.69) is 5.32 Å². The third-order valence-corrected chi connectivity index (χ3v) is 7.79. The fraction of sp³-hybridized carbons (Fsp3) is 0.333. The summed E-state index contributed by atoms with van der Waals surface area (Å²) in [5.41, 5.74) is 0.762. The molecule has 0 heterocycles. The molecule has 1 unspecified atom stereocenters. The van der Waals surface area contributed by atoms with Crippen molar-refractivity contribution in [3.8, 4) is 5.75 Å². The van der Waals surface area contributed by atoms with Crippen molar-refractivity contribution in [2.75, 3.05) is 27.2 Å². The van der Waals surface area contributed by atoms with Crippen LogP contribution in [-0.2, 0) is 26.2 Å². The van der Waals surface area contributed by atoms with Crippen LogP contribution >= 0.6 is 0 Å². The maximum atomic E-state index is 13.4. The van der Waals surface area contributed by atoms with Gasteiger partial charge in [-0.3, -0.25) is 9.59 Å². The molecule has 0 saturated heterocycles. The van der Waals surface area contributed by atoms with Crippen LogP contribution in [0.5, 0.6) is 5.75 Å². The Morgan fingerprint density at radius 3 is 2.42 bits per heavy atom. The second-order valence-electron chi connectivity index (χ2n) is 8.61. The minimum atomic E-state index is -3.94. The number of rotatable bonds is 11. The van der Waals surface area contributed by atoms with Crippen LogP contribution in [0.3, 0.4) is 0 Å². The number of fused-ring (bicyclic) bond motifs is 1. The number of carbonyl (C=O) groups excluding carboxylic acids is 2. The Morgan fingerprint density at radius 2 is 1.72 bits per heavy atom. The molecule has 3 rings (SSSR count). The van der Waals surface area contributed by atoms with Gasteiger partial charge in [0.25, 0.3) is 0 Å². The first-order chi connectivity index (χ1) is 17.2. The van der Waals surface area contributed by atoms with Gasteiger partial charge in [-0.2, -0.15) is 4.31 Å². The summed E-state index contributed by atoms with van der Waals surface area (Å²) in [5, 5.41) is 4.53. The van der Waals surface area contributed by atoms with Crippen molar-refractivity contribution in [3.63, 3.8) is 0 Å². The quantitative estimate of drug-likeness (QED) is 0.426. The molecule has 9 heteroatoms. The Balaban J connectivity index is 1.85. The number of methoxy groups -OCH3 is 1. The summed E-state index contributed by atoms with van der Waals surface area (Å²) in [6.45, 7) is 3.78. The molecule has 0 radical (unpaired) electrons. The monoisotopic (exact) mass is 511 g/mol. The first kappa shape index (κ1) is 27.2. The Morgan fingerprint density at radius 1 is 1.00 bits per heavy atom. The zero-order valence-electron chi connectivity index (χ0n) is 21.1. The number of sulfonamides is 1. The van der Waals surface area contributed by atoms with Gasteiger partial charge in [-0.15, -0.1) is 0 Å². The average Bonchev–Trinajstić information content (AvgIpc) is 2.89. The molecule has 36 heavy (non-hydrogen) atoms. The number of likely N-dealkylation sites (N-methyl/N-ethyl adjacent to an activating group) is 1. The molecule has 0 aliphatic carbocycles. The number of benzene rings is 3. The second-order valence-corrected chi connectivity index (χ2v) is 10.7. The number of hydrogen-bond acceptors (Lipinski definition) is 5. The van der Waals surface area contributed by atoms with E-state index in [1.54, 1.807) is 44.4 Å². The highest BCUT2D eigenvalue weighted by Crippen LogP contribution is 2.22. The molecular formula is C27H33N3O5S. The topological polar surface area (TPSA) is 96.0 Å². The summed E-state index contributed by atoms with van der Waals surface area (Å²) in [4.78, 5) is 27.7. The fourth-order valence-electron chi connectivity index (χ4n) is 3.82. The Bertz CT molecular complexity index is 1330. The van der Waals surface area contributed by atoms with Crippen molar-refractivity contribution >= 4 is 32.6 Å². The number of nitrogens with zero attached hydrogens (tertiary/aromatic N) is 2. The third-order valence-electron chi connectivity index (χ3n) is 5.99. The molecule has 0 bridgehead atoms. The molecule has 3 aromatic carbocycles. The molecule has 8 nitrogen and oxygen atoms in total. The summed E-state index contributed by atoms with van der Waals surface area (Å²) in [6.07, 6.45) is 0.759. The second kappa shape index (κ2) is 12.0. The van der Waals surface area contributed by atoms with Gasteiger partial charge in [-0.25, -0.2) is 8.42 Å². The lowest BCUT2D eigenvalue weighted by atomic mass is 10.1. The number of carbonyl (C=O) groups is 2. The molecule has 1 atom stereocenters. The molecule has 0 fully saturated rings. The van der Waals surface area contributed by atoms with Gasteiger partial charge in [-0.1, -0.05) is 49.4 Å². The fourth-order valence-corrected chi connectivity index (χ4v) is 4.98. The molecule has 0 saturated carbocycles. The standard InChI is InChI=1S/C27H33N3O5S/c1-5-15-28-27(32)20(2)30(18-21-9-8-12-24(16-21)35-4)26(31)19-29(3)36(33,34)25-14-13-22-10-6-7-11-23(22)17-25/h6-14,16-17,20H,5,15,18-19H2,1-4H3,(H,28,32). The van der Waals surface area contributed by atoms with E-state index in [0.29, 0.717) is 12.3 Å². The van der Waals surface area contributed by atoms with Crippen LogP contribution in [0, 0.1) is 0 Å². The molecule has 2 amide bonds. The van der Waals surface area contributed by atoms with Gasteiger partial charge in [0.2, 0.25) is 21.8 Å². The highest BCUT2D eigenvalue weighted by molar-refractivity contribution is 7.89. The van der Waals surface area contributed by atoms with Crippen LogP contribution < -0.4 is 10.1 Å².